The van der Waals surface area contributed by atoms with Gasteiger partial charge in [-0.2, -0.15) is 0 Å². The van der Waals surface area contributed by atoms with Crippen molar-refractivity contribution in [2.24, 2.45) is 5.92 Å². The van der Waals surface area contributed by atoms with Crippen LogP contribution in [0.5, 0.6) is 0 Å². The Morgan fingerprint density at radius 1 is 0.962 bits per heavy atom. The van der Waals surface area contributed by atoms with E-state index in [9.17, 15) is 9.59 Å². The standard InChI is InChI=1S/C23H32O3/c24-22-11-3-1-2-9-21(22)10-6-12-23(25)26-17-18-13-15-20(16-14-18)19-7-4-5-8-19/h13-16,19,21H,1-12,17H2. The molecule has 3 heteroatoms. The number of carbonyl (C=O) groups excluding carboxylic acids is 2. The number of carbonyl (C=O) groups is 2. The summed E-state index contributed by atoms with van der Waals surface area (Å²) < 4.78 is 5.41. The first-order chi connectivity index (χ1) is 12.7. The van der Waals surface area contributed by atoms with E-state index in [-0.39, 0.29) is 11.9 Å². The zero-order valence-corrected chi connectivity index (χ0v) is 15.9. The van der Waals surface area contributed by atoms with Gasteiger partial charge in [0.1, 0.15) is 12.4 Å². The number of Topliss-reactive ketones (excluding diaryl/α,β-unsaturated/α-hetero) is 1. The molecule has 0 aliphatic heterocycles. The fourth-order valence-electron chi connectivity index (χ4n) is 4.41. The van der Waals surface area contributed by atoms with Crippen LogP contribution in [0, 0.1) is 5.92 Å². The normalized spacial score (nSPS) is 21.5. The maximum absolute atomic E-state index is 12.0. The number of rotatable bonds is 7. The summed E-state index contributed by atoms with van der Waals surface area (Å²) >= 11 is 0. The third-order valence-corrected chi connectivity index (χ3v) is 6.07. The third-order valence-electron chi connectivity index (χ3n) is 6.07. The predicted molar refractivity (Wildman–Crippen MR) is 103 cm³/mol. The second-order valence-corrected chi connectivity index (χ2v) is 8.04. The molecule has 0 aromatic heterocycles. The molecular weight excluding hydrogens is 324 g/mol. The van der Waals surface area contributed by atoms with Crippen molar-refractivity contribution in [1.82, 2.24) is 0 Å². The predicted octanol–water partition coefficient (Wildman–Crippen LogP) is 5.71. The van der Waals surface area contributed by atoms with E-state index in [0.717, 1.165) is 50.0 Å². The molecule has 3 rings (SSSR count). The Balaban J connectivity index is 1.35. The van der Waals surface area contributed by atoms with E-state index in [2.05, 4.69) is 24.3 Å². The first-order valence-electron chi connectivity index (χ1n) is 10.5. The van der Waals surface area contributed by atoms with E-state index in [0.29, 0.717) is 18.8 Å². The maximum Gasteiger partial charge on any atom is 0.306 e. The molecule has 0 radical (unpaired) electrons. The molecular formula is C23H32O3. The highest BCUT2D eigenvalue weighted by Gasteiger charge is 2.20. The molecule has 2 saturated carbocycles. The summed E-state index contributed by atoms with van der Waals surface area (Å²) in [6.45, 7) is 0.353. The molecule has 1 aromatic rings. The molecule has 2 aliphatic carbocycles. The summed E-state index contributed by atoms with van der Waals surface area (Å²) in [5, 5.41) is 0. The molecule has 2 aliphatic rings. The van der Waals surface area contributed by atoms with E-state index in [1.807, 2.05) is 0 Å². The lowest BCUT2D eigenvalue weighted by atomic mass is 9.93. The molecule has 0 N–H and O–H groups in total. The molecule has 2 fully saturated rings. The van der Waals surface area contributed by atoms with Gasteiger partial charge in [0.15, 0.2) is 0 Å². The molecule has 1 atom stereocenters. The van der Waals surface area contributed by atoms with Crippen LogP contribution < -0.4 is 0 Å². The van der Waals surface area contributed by atoms with Crippen molar-refractivity contribution in [3.05, 3.63) is 35.4 Å². The third kappa shape index (κ3) is 5.69. The molecule has 0 amide bonds. The van der Waals surface area contributed by atoms with Gasteiger partial charge >= 0.3 is 5.97 Å². The first kappa shape index (κ1) is 19.1. The van der Waals surface area contributed by atoms with Crippen molar-refractivity contribution in [2.75, 3.05) is 0 Å². The van der Waals surface area contributed by atoms with Crippen LogP contribution in [0.1, 0.15) is 94.1 Å². The van der Waals surface area contributed by atoms with Crippen molar-refractivity contribution < 1.29 is 14.3 Å². The van der Waals surface area contributed by atoms with E-state index in [4.69, 9.17) is 4.74 Å². The number of benzene rings is 1. The highest BCUT2D eigenvalue weighted by molar-refractivity contribution is 5.81. The average molecular weight is 357 g/mol. The van der Waals surface area contributed by atoms with Gasteiger partial charge in [0.2, 0.25) is 0 Å². The molecule has 142 valence electrons. The van der Waals surface area contributed by atoms with Crippen molar-refractivity contribution >= 4 is 11.8 Å². The SMILES string of the molecule is O=C(CCCC1CCCCCC1=O)OCc1ccc(C2CCCC2)cc1. The molecule has 26 heavy (non-hydrogen) atoms. The van der Waals surface area contributed by atoms with Crippen LogP contribution in [0.4, 0.5) is 0 Å². The molecule has 0 saturated heterocycles. The van der Waals surface area contributed by atoms with Gasteiger partial charge in [-0.25, -0.2) is 0 Å². The van der Waals surface area contributed by atoms with Gasteiger partial charge in [0.05, 0.1) is 0 Å². The van der Waals surface area contributed by atoms with Crippen molar-refractivity contribution in [2.45, 2.75) is 89.6 Å². The number of hydrogen-bond donors (Lipinski definition) is 0. The second-order valence-electron chi connectivity index (χ2n) is 8.04. The van der Waals surface area contributed by atoms with Gasteiger partial charge in [0, 0.05) is 18.8 Å². The summed E-state index contributed by atoms with van der Waals surface area (Å²) in [7, 11) is 0. The lowest BCUT2D eigenvalue weighted by Crippen LogP contribution is -2.13. The molecule has 0 bridgehead atoms. The number of esters is 1. The van der Waals surface area contributed by atoms with Crippen LogP contribution >= 0.6 is 0 Å². The summed E-state index contributed by atoms with van der Waals surface area (Å²) in [6.07, 6.45) is 12.4. The highest BCUT2D eigenvalue weighted by Crippen LogP contribution is 2.34. The quantitative estimate of drug-likeness (QED) is 0.464. The number of ether oxygens (including phenoxy) is 1. The Bertz CT molecular complexity index is 584. The summed E-state index contributed by atoms with van der Waals surface area (Å²) in [4.78, 5) is 24.0. The van der Waals surface area contributed by atoms with Gasteiger partial charge in [0.25, 0.3) is 0 Å². The monoisotopic (exact) mass is 356 g/mol. The van der Waals surface area contributed by atoms with Crippen LogP contribution in [0.15, 0.2) is 24.3 Å². The van der Waals surface area contributed by atoms with Crippen molar-refractivity contribution in [3.63, 3.8) is 0 Å². The minimum atomic E-state index is -0.147. The van der Waals surface area contributed by atoms with Crippen LogP contribution in [0.3, 0.4) is 0 Å². The van der Waals surface area contributed by atoms with Gasteiger partial charge in [-0.3, -0.25) is 9.59 Å². The van der Waals surface area contributed by atoms with Gasteiger partial charge in [-0.15, -0.1) is 0 Å². The van der Waals surface area contributed by atoms with Crippen LogP contribution in [-0.4, -0.2) is 11.8 Å². The van der Waals surface area contributed by atoms with Gasteiger partial charge in [-0.05, 0) is 55.6 Å². The Morgan fingerprint density at radius 2 is 1.69 bits per heavy atom. The number of hydrogen-bond acceptors (Lipinski definition) is 3. The Morgan fingerprint density at radius 3 is 2.46 bits per heavy atom. The fourth-order valence-corrected chi connectivity index (χ4v) is 4.41. The first-order valence-corrected chi connectivity index (χ1v) is 10.5. The Labute approximate surface area is 157 Å². The second kappa shape index (κ2) is 9.89. The van der Waals surface area contributed by atoms with Gasteiger partial charge in [-0.1, -0.05) is 49.9 Å². The van der Waals surface area contributed by atoms with Crippen LogP contribution in [0.25, 0.3) is 0 Å². The van der Waals surface area contributed by atoms with Crippen molar-refractivity contribution in [1.29, 1.82) is 0 Å². The summed E-state index contributed by atoms with van der Waals surface area (Å²) in [5.41, 5.74) is 2.48. The van der Waals surface area contributed by atoms with E-state index >= 15 is 0 Å². The average Bonchev–Trinajstić information content (AvgIpc) is 3.12. The zero-order valence-electron chi connectivity index (χ0n) is 15.9. The fraction of sp³-hybridized carbons (Fsp3) is 0.652. The zero-order chi connectivity index (χ0) is 18.2. The topological polar surface area (TPSA) is 43.4 Å². The van der Waals surface area contributed by atoms with E-state index in [1.54, 1.807) is 0 Å². The summed E-state index contributed by atoms with van der Waals surface area (Å²) in [5.74, 6) is 1.15. The highest BCUT2D eigenvalue weighted by atomic mass is 16.5. The Hall–Kier alpha value is -1.64. The maximum atomic E-state index is 12.0. The molecule has 0 spiro atoms. The van der Waals surface area contributed by atoms with E-state index < -0.39 is 0 Å². The minimum Gasteiger partial charge on any atom is -0.461 e. The molecule has 1 aromatic carbocycles. The number of ketones is 1. The minimum absolute atomic E-state index is 0.147. The van der Waals surface area contributed by atoms with E-state index in [1.165, 1.54) is 37.7 Å². The lowest BCUT2D eigenvalue weighted by molar-refractivity contribution is -0.145. The smallest absolute Gasteiger partial charge is 0.306 e. The Kier molecular flexibility index (Phi) is 7.28. The summed E-state index contributed by atoms with van der Waals surface area (Å²) in [6, 6.07) is 8.56. The molecule has 1 unspecified atom stereocenters. The molecule has 3 nitrogen and oxygen atoms in total. The lowest BCUT2D eigenvalue weighted by Gasteiger charge is -2.12. The van der Waals surface area contributed by atoms with Crippen LogP contribution in [-0.2, 0) is 20.9 Å². The van der Waals surface area contributed by atoms with Gasteiger partial charge < -0.3 is 4.74 Å². The van der Waals surface area contributed by atoms with Crippen LogP contribution in [0.2, 0.25) is 0 Å². The molecule has 0 heterocycles. The largest absolute Gasteiger partial charge is 0.461 e. The van der Waals surface area contributed by atoms with Crippen molar-refractivity contribution in [3.8, 4) is 0 Å².